The summed E-state index contributed by atoms with van der Waals surface area (Å²) in [6, 6.07) is 5.36. The topological polar surface area (TPSA) is 48.0 Å². The Balaban J connectivity index is 1.99. The first-order valence-electron chi connectivity index (χ1n) is 7.90. The molecule has 0 spiro atoms. The van der Waals surface area contributed by atoms with E-state index >= 15 is 0 Å². The van der Waals surface area contributed by atoms with Crippen molar-refractivity contribution >= 4 is 28.4 Å². The number of alkyl halides is 3. The zero-order valence-electron chi connectivity index (χ0n) is 13.9. The molecule has 0 saturated carbocycles. The standard InChI is InChI=1S/C17H14F3N5S/c1-3-26-16-13(14-21-7-4-8-25(14)23-16)15-22-11-9-10(17(18,19)20)5-6-12(11)24(15)2/h4-9H,3H2,1-2H3. The molecular formula is C17H14F3N5S. The normalized spacial score (nSPS) is 12.3. The molecule has 0 atom stereocenters. The van der Waals surface area contributed by atoms with E-state index in [1.165, 1.54) is 6.07 Å². The molecule has 0 radical (unpaired) electrons. The van der Waals surface area contributed by atoms with Gasteiger partial charge in [0.25, 0.3) is 0 Å². The van der Waals surface area contributed by atoms with E-state index in [-0.39, 0.29) is 0 Å². The first kappa shape index (κ1) is 16.9. The van der Waals surface area contributed by atoms with Crippen molar-refractivity contribution in [3.05, 3.63) is 42.2 Å². The molecule has 0 saturated heterocycles. The van der Waals surface area contributed by atoms with Crippen LogP contribution >= 0.6 is 11.8 Å². The first-order valence-corrected chi connectivity index (χ1v) is 8.89. The number of aromatic nitrogens is 5. The number of imidazole rings is 1. The zero-order valence-corrected chi connectivity index (χ0v) is 14.8. The van der Waals surface area contributed by atoms with Crippen LogP contribution in [0, 0.1) is 0 Å². The van der Waals surface area contributed by atoms with Crippen molar-refractivity contribution in [3.63, 3.8) is 0 Å². The number of hydrogen-bond donors (Lipinski definition) is 0. The van der Waals surface area contributed by atoms with Gasteiger partial charge >= 0.3 is 6.18 Å². The van der Waals surface area contributed by atoms with Crippen molar-refractivity contribution < 1.29 is 13.2 Å². The highest BCUT2D eigenvalue weighted by Gasteiger charge is 2.31. The van der Waals surface area contributed by atoms with E-state index in [1.54, 1.807) is 46.4 Å². The number of fused-ring (bicyclic) bond motifs is 2. The summed E-state index contributed by atoms with van der Waals surface area (Å²) in [5, 5.41) is 5.28. The lowest BCUT2D eigenvalue weighted by Crippen LogP contribution is -2.04. The quantitative estimate of drug-likeness (QED) is 0.496. The van der Waals surface area contributed by atoms with Gasteiger partial charge < -0.3 is 4.57 Å². The fourth-order valence-corrected chi connectivity index (χ4v) is 3.65. The molecule has 134 valence electrons. The Kier molecular flexibility index (Phi) is 3.91. The van der Waals surface area contributed by atoms with Crippen molar-refractivity contribution in [2.24, 2.45) is 7.05 Å². The molecule has 3 heterocycles. The minimum atomic E-state index is -4.40. The molecule has 0 bridgehead atoms. The number of hydrogen-bond acceptors (Lipinski definition) is 4. The second kappa shape index (κ2) is 6.01. The van der Waals surface area contributed by atoms with Crippen LogP contribution in [-0.2, 0) is 13.2 Å². The summed E-state index contributed by atoms with van der Waals surface area (Å²) in [5.74, 6) is 1.35. The van der Waals surface area contributed by atoms with Crippen LogP contribution < -0.4 is 0 Å². The highest BCUT2D eigenvalue weighted by atomic mass is 32.2. The fourth-order valence-electron chi connectivity index (χ4n) is 2.90. The van der Waals surface area contributed by atoms with Crippen molar-refractivity contribution in [2.75, 3.05) is 5.75 Å². The molecule has 5 nitrogen and oxygen atoms in total. The van der Waals surface area contributed by atoms with Crippen molar-refractivity contribution in [1.29, 1.82) is 0 Å². The molecule has 26 heavy (non-hydrogen) atoms. The van der Waals surface area contributed by atoms with Gasteiger partial charge in [0.15, 0.2) is 5.65 Å². The SMILES string of the molecule is CCSc1nn2cccnc2c1-c1nc2cc(C(F)(F)F)ccc2n1C. The highest BCUT2D eigenvalue weighted by Crippen LogP contribution is 2.36. The molecule has 0 unspecified atom stereocenters. The Labute approximate surface area is 150 Å². The van der Waals surface area contributed by atoms with E-state index < -0.39 is 11.7 Å². The summed E-state index contributed by atoms with van der Waals surface area (Å²) >= 11 is 1.54. The summed E-state index contributed by atoms with van der Waals surface area (Å²) in [7, 11) is 1.78. The van der Waals surface area contributed by atoms with Gasteiger partial charge in [0.2, 0.25) is 0 Å². The van der Waals surface area contributed by atoms with Gasteiger partial charge in [-0.25, -0.2) is 14.5 Å². The number of nitrogens with zero attached hydrogens (tertiary/aromatic N) is 5. The maximum absolute atomic E-state index is 13.0. The van der Waals surface area contributed by atoms with E-state index in [1.807, 2.05) is 6.92 Å². The summed E-state index contributed by atoms with van der Waals surface area (Å²) in [6.45, 7) is 2.01. The van der Waals surface area contributed by atoms with Crippen LogP contribution in [0.4, 0.5) is 13.2 Å². The third-order valence-corrected chi connectivity index (χ3v) is 4.92. The lowest BCUT2D eigenvalue weighted by atomic mass is 10.2. The van der Waals surface area contributed by atoms with Crippen LogP contribution in [-0.4, -0.2) is 29.9 Å². The summed E-state index contributed by atoms with van der Waals surface area (Å²) in [4.78, 5) is 8.86. The molecule has 0 N–H and O–H groups in total. The third kappa shape index (κ3) is 2.63. The van der Waals surface area contributed by atoms with E-state index in [9.17, 15) is 13.2 Å². The van der Waals surface area contributed by atoms with Gasteiger partial charge in [-0.15, -0.1) is 11.8 Å². The molecular weight excluding hydrogens is 363 g/mol. The highest BCUT2D eigenvalue weighted by molar-refractivity contribution is 7.99. The van der Waals surface area contributed by atoms with Crippen LogP contribution in [0.15, 0.2) is 41.7 Å². The average molecular weight is 377 g/mol. The average Bonchev–Trinajstić information content (AvgIpc) is 3.11. The number of aryl methyl sites for hydroxylation is 1. The second-order valence-corrected chi connectivity index (χ2v) is 6.95. The van der Waals surface area contributed by atoms with Gasteiger partial charge in [-0.05, 0) is 30.0 Å². The zero-order chi connectivity index (χ0) is 18.5. The predicted molar refractivity (Wildman–Crippen MR) is 94.1 cm³/mol. The van der Waals surface area contributed by atoms with Crippen molar-refractivity contribution in [1.82, 2.24) is 24.1 Å². The van der Waals surface area contributed by atoms with Crippen molar-refractivity contribution in [2.45, 2.75) is 18.1 Å². The Hall–Kier alpha value is -2.55. The summed E-state index contributed by atoms with van der Waals surface area (Å²) in [6.07, 6.45) is -0.956. The monoisotopic (exact) mass is 377 g/mol. The van der Waals surface area contributed by atoms with Gasteiger partial charge in [0, 0.05) is 19.4 Å². The molecule has 9 heteroatoms. The van der Waals surface area contributed by atoms with Crippen LogP contribution in [0.5, 0.6) is 0 Å². The van der Waals surface area contributed by atoms with Crippen LogP contribution in [0.25, 0.3) is 28.1 Å². The molecule has 0 aliphatic heterocycles. The Morgan fingerprint density at radius 3 is 2.77 bits per heavy atom. The molecule has 3 aromatic heterocycles. The molecule has 0 fully saturated rings. The maximum Gasteiger partial charge on any atom is 0.416 e. The lowest BCUT2D eigenvalue weighted by Gasteiger charge is -2.06. The number of thioether (sulfide) groups is 1. The molecule has 1 aromatic carbocycles. The van der Waals surface area contributed by atoms with E-state index in [2.05, 4.69) is 15.1 Å². The largest absolute Gasteiger partial charge is 0.416 e. The third-order valence-electron chi connectivity index (χ3n) is 4.08. The Morgan fingerprint density at radius 1 is 1.23 bits per heavy atom. The van der Waals surface area contributed by atoms with E-state index in [0.29, 0.717) is 22.5 Å². The Morgan fingerprint density at radius 2 is 2.04 bits per heavy atom. The molecule has 0 aliphatic carbocycles. The van der Waals surface area contributed by atoms with Gasteiger partial charge in [0.05, 0.1) is 22.2 Å². The summed E-state index contributed by atoms with van der Waals surface area (Å²) in [5.41, 5.74) is 1.55. The van der Waals surface area contributed by atoms with Gasteiger partial charge in [0.1, 0.15) is 10.9 Å². The second-order valence-electron chi connectivity index (χ2n) is 5.70. The molecule has 0 aliphatic rings. The van der Waals surface area contributed by atoms with Crippen LogP contribution in [0.3, 0.4) is 0 Å². The smallest absolute Gasteiger partial charge is 0.327 e. The minimum Gasteiger partial charge on any atom is -0.327 e. The van der Waals surface area contributed by atoms with Crippen molar-refractivity contribution in [3.8, 4) is 11.4 Å². The fraction of sp³-hybridized carbons (Fsp3) is 0.235. The van der Waals surface area contributed by atoms with Gasteiger partial charge in [-0.3, -0.25) is 0 Å². The Bertz CT molecular complexity index is 1110. The molecule has 4 aromatic rings. The number of rotatable bonds is 3. The first-order chi connectivity index (χ1) is 12.4. The molecule has 0 amide bonds. The lowest BCUT2D eigenvalue weighted by molar-refractivity contribution is -0.137. The minimum absolute atomic E-state index is 0.292. The number of benzene rings is 1. The molecule has 4 rings (SSSR count). The van der Waals surface area contributed by atoms with Gasteiger partial charge in [-0.1, -0.05) is 6.92 Å². The van der Waals surface area contributed by atoms with E-state index in [4.69, 9.17) is 0 Å². The maximum atomic E-state index is 13.0. The van der Waals surface area contributed by atoms with Gasteiger partial charge in [-0.2, -0.15) is 18.3 Å². The predicted octanol–water partition coefficient (Wildman–Crippen LogP) is 4.41. The number of halogens is 3. The van der Waals surface area contributed by atoms with Crippen LogP contribution in [0.1, 0.15) is 12.5 Å². The summed E-state index contributed by atoms with van der Waals surface area (Å²) < 4.78 is 42.5. The van der Waals surface area contributed by atoms with E-state index in [0.717, 1.165) is 28.5 Å². The van der Waals surface area contributed by atoms with Crippen LogP contribution in [0.2, 0.25) is 0 Å².